The van der Waals surface area contributed by atoms with Crippen LogP contribution < -0.4 is 0 Å². The highest BCUT2D eigenvalue weighted by Crippen LogP contribution is 2.28. The van der Waals surface area contributed by atoms with Gasteiger partial charge in [0.1, 0.15) is 0 Å². The molecule has 17 heavy (non-hydrogen) atoms. The summed E-state index contributed by atoms with van der Waals surface area (Å²) in [7, 11) is 1.16. The topological polar surface area (TPSA) is 98.9 Å². The normalized spacial score (nSPS) is 9.29. The summed E-state index contributed by atoms with van der Waals surface area (Å²) in [5.74, 6) is -0.728. The smallest absolute Gasteiger partial charge is 0.338 e. The standard InChI is InChI=1S/C10H8N2O5/c1-6-8(10(14)17-2)3-7(11-5-13)4-9(6)12(15)16/h3-4H,1-2H3. The molecular weight excluding hydrogens is 228 g/mol. The minimum Gasteiger partial charge on any atom is -0.465 e. The Kier molecular flexibility index (Phi) is 3.69. The molecule has 0 amide bonds. The first-order valence-electron chi connectivity index (χ1n) is 4.46. The fourth-order valence-electron chi connectivity index (χ4n) is 1.31. The largest absolute Gasteiger partial charge is 0.465 e. The maximum Gasteiger partial charge on any atom is 0.338 e. The summed E-state index contributed by atoms with van der Waals surface area (Å²) in [6.07, 6.45) is 1.25. The second kappa shape index (κ2) is 5.00. The van der Waals surface area contributed by atoms with Crippen LogP contribution in [-0.2, 0) is 9.53 Å². The number of carbonyl (C=O) groups is 1. The highest BCUT2D eigenvalue weighted by atomic mass is 16.6. The fraction of sp³-hybridized carbons (Fsp3) is 0.200. The van der Waals surface area contributed by atoms with Crippen LogP contribution in [0.25, 0.3) is 0 Å². The van der Waals surface area contributed by atoms with Gasteiger partial charge in [-0.2, -0.15) is 4.99 Å². The number of ether oxygens (including phenoxy) is 1. The predicted octanol–water partition coefficient (Wildman–Crippen LogP) is 1.66. The summed E-state index contributed by atoms with van der Waals surface area (Å²) in [5, 5.41) is 10.8. The van der Waals surface area contributed by atoms with E-state index in [1.807, 2.05) is 0 Å². The summed E-state index contributed by atoms with van der Waals surface area (Å²) in [4.78, 5) is 34.8. The molecule has 7 heteroatoms. The van der Waals surface area contributed by atoms with Gasteiger partial charge < -0.3 is 4.74 Å². The van der Waals surface area contributed by atoms with Crippen molar-refractivity contribution >= 4 is 23.4 Å². The van der Waals surface area contributed by atoms with Crippen molar-refractivity contribution in [1.29, 1.82) is 0 Å². The Morgan fingerprint density at radius 3 is 2.65 bits per heavy atom. The number of nitro benzene ring substituents is 1. The third-order valence-corrected chi connectivity index (χ3v) is 2.14. The van der Waals surface area contributed by atoms with Gasteiger partial charge in [0.2, 0.25) is 6.08 Å². The molecule has 0 unspecified atom stereocenters. The molecule has 0 saturated heterocycles. The number of esters is 1. The third-order valence-electron chi connectivity index (χ3n) is 2.14. The molecule has 0 N–H and O–H groups in total. The Morgan fingerprint density at radius 1 is 1.53 bits per heavy atom. The summed E-state index contributed by atoms with van der Waals surface area (Å²) in [6.45, 7) is 1.42. The molecule has 1 aromatic rings. The zero-order valence-electron chi connectivity index (χ0n) is 9.09. The van der Waals surface area contributed by atoms with Crippen molar-refractivity contribution in [2.75, 3.05) is 7.11 Å². The van der Waals surface area contributed by atoms with Gasteiger partial charge >= 0.3 is 5.97 Å². The van der Waals surface area contributed by atoms with Crippen molar-refractivity contribution in [3.8, 4) is 0 Å². The van der Waals surface area contributed by atoms with E-state index in [0.717, 1.165) is 13.2 Å². The zero-order chi connectivity index (χ0) is 13.0. The van der Waals surface area contributed by atoms with E-state index in [2.05, 4.69) is 9.73 Å². The van der Waals surface area contributed by atoms with E-state index in [9.17, 15) is 19.7 Å². The average molecular weight is 236 g/mol. The fourth-order valence-corrected chi connectivity index (χ4v) is 1.31. The van der Waals surface area contributed by atoms with Gasteiger partial charge in [-0.3, -0.25) is 10.1 Å². The Hall–Kier alpha value is -2.53. The maximum atomic E-state index is 11.4. The van der Waals surface area contributed by atoms with Crippen LogP contribution in [0.15, 0.2) is 17.1 Å². The van der Waals surface area contributed by atoms with Crippen LogP contribution in [0.3, 0.4) is 0 Å². The van der Waals surface area contributed by atoms with Crippen molar-refractivity contribution in [2.24, 2.45) is 4.99 Å². The van der Waals surface area contributed by atoms with Gasteiger partial charge in [0.05, 0.1) is 23.3 Å². The number of carbonyl (C=O) groups excluding carboxylic acids is 2. The van der Waals surface area contributed by atoms with E-state index in [0.29, 0.717) is 0 Å². The van der Waals surface area contributed by atoms with Crippen molar-refractivity contribution < 1.29 is 19.2 Å². The number of nitro groups is 1. The lowest BCUT2D eigenvalue weighted by atomic mass is 10.1. The molecule has 0 aromatic heterocycles. The zero-order valence-corrected chi connectivity index (χ0v) is 9.09. The van der Waals surface area contributed by atoms with Gasteiger partial charge in [-0.05, 0) is 13.0 Å². The highest BCUT2D eigenvalue weighted by Gasteiger charge is 2.20. The van der Waals surface area contributed by atoms with Gasteiger partial charge in [0.25, 0.3) is 5.69 Å². The van der Waals surface area contributed by atoms with E-state index in [-0.39, 0.29) is 22.5 Å². The van der Waals surface area contributed by atoms with Crippen molar-refractivity contribution in [3.05, 3.63) is 33.4 Å². The number of hydrogen-bond donors (Lipinski definition) is 0. The monoisotopic (exact) mass is 236 g/mol. The first-order chi connectivity index (χ1) is 8.01. The first kappa shape index (κ1) is 12.5. The number of aliphatic imine (C=N–C) groups is 1. The Balaban J connectivity index is 3.53. The minimum atomic E-state index is -0.728. The Morgan fingerprint density at radius 2 is 2.18 bits per heavy atom. The first-order valence-corrected chi connectivity index (χ1v) is 4.46. The van der Waals surface area contributed by atoms with Crippen LogP contribution in [0.1, 0.15) is 15.9 Å². The van der Waals surface area contributed by atoms with Crippen molar-refractivity contribution in [1.82, 2.24) is 0 Å². The van der Waals surface area contributed by atoms with Gasteiger partial charge in [-0.25, -0.2) is 9.59 Å². The molecule has 0 heterocycles. The van der Waals surface area contributed by atoms with Gasteiger partial charge in [-0.1, -0.05) is 0 Å². The predicted molar refractivity (Wildman–Crippen MR) is 57.0 cm³/mol. The average Bonchev–Trinajstić information content (AvgIpc) is 2.30. The van der Waals surface area contributed by atoms with Crippen LogP contribution in [0.4, 0.5) is 11.4 Å². The molecule has 0 radical (unpaired) electrons. The van der Waals surface area contributed by atoms with E-state index in [4.69, 9.17) is 0 Å². The molecule has 0 bridgehead atoms. The number of benzene rings is 1. The summed E-state index contributed by atoms with van der Waals surface area (Å²) in [5.41, 5.74) is -0.165. The van der Waals surface area contributed by atoms with Gasteiger partial charge in [0.15, 0.2) is 0 Å². The van der Waals surface area contributed by atoms with E-state index < -0.39 is 10.9 Å². The van der Waals surface area contributed by atoms with Gasteiger partial charge in [0, 0.05) is 11.6 Å². The second-order valence-electron chi connectivity index (χ2n) is 3.09. The minimum absolute atomic E-state index is 0.00398. The Labute approximate surface area is 95.9 Å². The molecule has 0 spiro atoms. The number of isocyanates is 1. The molecule has 88 valence electrons. The van der Waals surface area contributed by atoms with E-state index >= 15 is 0 Å². The lowest BCUT2D eigenvalue weighted by molar-refractivity contribution is -0.385. The lowest BCUT2D eigenvalue weighted by Crippen LogP contribution is -2.05. The van der Waals surface area contributed by atoms with Crippen LogP contribution in [0.5, 0.6) is 0 Å². The Bertz CT molecular complexity index is 532. The molecule has 7 nitrogen and oxygen atoms in total. The third kappa shape index (κ3) is 2.53. The van der Waals surface area contributed by atoms with Crippen LogP contribution in [0, 0.1) is 17.0 Å². The van der Waals surface area contributed by atoms with Crippen molar-refractivity contribution in [2.45, 2.75) is 6.92 Å². The van der Waals surface area contributed by atoms with Crippen LogP contribution in [-0.4, -0.2) is 24.1 Å². The van der Waals surface area contributed by atoms with Crippen LogP contribution >= 0.6 is 0 Å². The SMILES string of the molecule is COC(=O)c1cc(N=C=O)cc([N+](=O)[O-])c1C. The van der Waals surface area contributed by atoms with Gasteiger partial charge in [-0.15, -0.1) is 0 Å². The molecule has 0 aliphatic heterocycles. The molecule has 0 aliphatic carbocycles. The van der Waals surface area contributed by atoms with E-state index in [1.54, 1.807) is 0 Å². The molecule has 1 aromatic carbocycles. The number of methoxy groups -OCH3 is 1. The maximum absolute atomic E-state index is 11.4. The molecule has 0 aliphatic rings. The molecule has 1 rings (SSSR count). The molecule has 0 fully saturated rings. The molecule has 0 atom stereocenters. The van der Waals surface area contributed by atoms with Crippen molar-refractivity contribution in [3.63, 3.8) is 0 Å². The van der Waals surface area contributed by atoms with E-state index in [1.165, 1.54) is 19.1 Å². The van der Waals surface area contributed by atoms with Crippen LogP contribution in [0.2, 0.25) is 0 Å². The summed E-state index contributed by atoms with van der Waals surface area (Å²) in [6, 6.07) is 2.33. The lowest BCUT2D eigenvalue weighted by Gasteiger charge is -2.05. The summed E-state index contributed by atoms with van der Waals surface area (Å²) < 4.78 is 4.48. The number of nitrogens with zero attached hydrogens (tertiary/aromatic N) is 2. The summed E-state index contributed by atoms with van der Waals surface area (Å²) >= 11 is 0. The number of rotatable bonds is 3. The second-order valence-corrected chi connectivity index (χ2v) is 3.09. The molecular formula is C10H8N2O5. The number of hydrogen-bond acceptors (Lipinski definition) is 6. The molecule has 0 saturated carbocycles. The quantitative estimate of drug-likeness (QED) is 0.261. The highest BCUT2D eigenvalue weighted by molar-refractivity contribution is 5.93.